The highest BCUT2D eigenvalue weighted by atomic mass is 79.9. The Hall–Kier alpha value is -1.89. The third kappa shape index (κ3) is 3.72. The Kier molecular flexibility index (Phi) is 5.77. The third-order valence-electron chi connectivity index (χ3n) is 3.76. The molecule has 0 saturated carbocycles. The molecular weight excluding hydrogens is 357 g/mol. The first-order valence-corrected chi connectivity index (χ1v) is 7.09. The summed E-state index contributed by atoms with van der Waals surface area (Å²) in [5.41, 5.74) is 2.47. The number of methoxy groups -OCH3 is 1. The minimum absolute atomic E-state index is 0. The molecule has 3 rings (SSSR count). The molecule has 1 heterocycles. The minimum atomic E-state index is -1.47. The lowest BCUT2D eigenvalue weighted by Gasteiger charge is -2.07. The topological polar surface area (TPSA) is 53.6 Å². The third-order valence-corrected chi connectivity index (χ3v) is 3.76. The number of ether oxygens (including phenoxy) is 1. The van der Waals surface area contributed by atoms with Crippen LogP contribution in [0.5, 0.6) is 5.75 Å². The average molecular weight is 374 g/mol. The largest absolute Gasteiger partial charge is 1.00 e. The molecule has 2 N–H and O–H groups in total. The molecule has 6 heteroatoms. The zero-order valence-corrected chi connectivity index (χ0v) is 14.3. The molecular formula is C17H17BBrNO3. The van der Waals surface area contributed by atoms with Crippen LogP contribution < -0.4 is 31.7 Å². The Bertz CT molecular complexity index is 811. The molecule has 0 radical (unpaired) electrons. The van der Waals surface area contributed by atoms with Crippen molar-refractivity contribution >= 4 is 23.5 Å². The number of rotatable bonds is 4. The standard InChI is InChI=1S/C17H17BNO3.BrH/c1-22-15-8-9-17-13(11-15)6-4-10-19(17)12-14-5-2-3-7-16(14)18(20)21;/h2-11,20-21H,12H2,1H3;1H/q+1;/p-1. The van der Waals surface area contributed by atoms with Crippen LogP contribution >= 0.6 is 0 Å². The van der Waals surface area contributed by atoms with Gasteiger partial charge in [0.05, 0.1) is 12.5 Å². The van der Waals surface area contributed by atoms with Crippen LogP contribution in [0.1, 0.15) is 5.56 Å². The molecule has 0 aliphatic heterocycles. The summed E-state index contributed by atoms with van der Waals surface area (Å²) in [6, 6.07) is 17.3. The van der Waals surface area contributed by atoms with E-state index in [4.69, 9.17) is 4.74 Å². The molecule has 0 bridgehead atoms. The van der Waals surface area contributed by atoms with E-state index >= 15 is 0 Å². The van der Waals surface area contributed by atoms with Crippen molar-refractivity contribution in [2.24, 2.45) is 0 Å². The Morgan fingerprint density at radius 2 is 1.83 bits per heavy atom. The first-order chi connectivity index (χ1) is 10.7. The lowest BCUT2D eigenvalue weighted by molar-refractivity contribution is -0.662. The van der Waals surface area contributed by atoms with Gasteiger partial charge in [-0.15, -0.1) is 0 Å². The summed E-state index contributed by atoms with van der Waals surface area (Å²) in [4.78, 5) is 0. The van der Waals surface area contributed by atoms with Crippen molar-refractivity contribution in [1.29, 1.82) is 0 Å². The molecule has 0 unspecified atom stereocenters. The lowest BCUT2D eigenvalue weighted by Crippen LogP contribution is -3.00. The van der Waals surface area contributed by atoms with Crippen LogP contribution in [-0.4, -0.2) is 24.3 Å². The second kappa shape index (κ2) is 7.59. The van der Waals surface area contributed by atoms with Gasteiger partial charge >= 0.3 is 7.12 Å². The van der Waals surface area contributed by atoms with E-state index in [1.807, 2.05) is 48.7 Å². The van der Waals surface area contributed by atoms with Crippen molar-refractivity contribution in [2.75, 3.05) is 7.11 Å². The van der Waals surface area contributed by atoms with Crippen LogP contribution in [0.15, 0.2) is 60.8 Å². The quantitative estimate of drug-likeness (QED) is 0.406. The van der Waals surface area contributed by atoms with Gasteiger partial charge < -0.3 is 31.8 Å². The molecule has 1 aromatic heterocycles. The smallest absolute Gasteiger partial charge is 0.488 e. The predicted octanol–water partition coefficient (Wildman–Crippen LogP) is -2.13. The second-order valence-corrected chi connectivity index (χ2v) is 5.13. The van der Waals surface area contributed by atoms with Crippen molar-refractivity contribution in [2.45, 2.75) is 6.54 Å². The molecule has 0 saturated heterocycles. The Morgan fingerprint density at radius 3 is 2.57 bits per heavy atom. The Morgan fingerprint density at radius 1 is 1.04 bits per heavy atom. The van der Waals surface area contributed by atoms with Gasteiger partial charge in [-0.1, -0.05) is 24.3 Å². The highest BCUT2D eigenvalue weighted by Gasteiger charge is 2.18. The number of halogens is 1. The maximum atomic E-state index is 9.49. The molecule has 4 nitrogen and oxygen atoms in total. The van der Waals surface area contributed by atoms with Crippen molar-refractivity contribution in [3.05, 3.63) is 66.4 Å². The van der Waals surface area contributed by atoms with E-state index < -0.39 is 7.12 Å². The zero-order chi connectivity index (χ0) is 15.5. The van der Waals surface area contributed by atoms with Crippen LogP contribution in [-0.2, 0) is 6.54 Å². The fraction of sp³-hybridized carbons (Fsp3) is 0.118. The highest BCUT2D eigenvalue weighted by Crippen LogP contribution is 2.17. The molecule has 0 aliphatic carbocycles. The number of benzene rings is 2. The van der Waals surface area contributed by atoms with E-state index in [1.54, 1.807) is 19.2 Å². The summed E-state index contributed by atoms with van der Waals surface area (Å²) in [6.07, 6.45) is 1.98. The number of aromatic nitrogens is 1. The van der Waals surface area contributed by atoms with Crippen LogP contribution in [0, 0.1) is 0 Å². The Labute approximate surface area is 145 Å². The molecule has 2 aromatic carbocycles. The van der Waals surface area contributed by atoms with E-state index in [-0.39, 0.29) is 17.0 Å². The maximum absolute atomic E-state index is 9.49. The van der Waals surface area contributed by atoms with Crippen molar-refractivity contribution in [3.63, 3.8) is 0 Å². The summed E-state index contributed by atoms with van der Waals surface area (Å²) in [6.45, 7) is 0.567. The van der Waals surface area contributed by atoms with Gasteiger partial charge in [-0.05, 0) is 23.7 Å². The first-order valence-electron chi connectivity index (χ1n) is 7.09. The van der Waals surface area contributed by atoms with Gasteiger partial charge in [0, 0.05) is 17.7 Å². The monoisotopic (exact) mass is 373 g/mol. The highest BCUT2D eigenvalue weighted by molar-refractivity contribution is 6.59. The molecule has 0 aliphatic rings. The summed E-state index contributed by atoms with van der Waals surface area (Å²) < 4.78 is 7.33. The van der Waals surface area contributed by atoms with E-state index in [9.17, 15) is 10.0 Å². The average Bonchev–Trinajstić information content (AvgIpc) is 2.55. The molecule has 0 amide bonds. The van der Waals surface area contributed by atoms with Crippen LogP contribution in [0.25, 0.3) is 10.9 Å². The van der Waals surface area contributed by atoms with Crippen molar-refractivity contribution < 1.29 is 36.3 Å². The van der Waals surface area contributed by atoms with Crippen molar-refractivity contribution in [3.8, 4) is 5.75 Å². The molecule has 0 atom stereocenters. The normalized spacial score (nSPS) is 10.2. The minimum Gasteiger partial charge on any atom is -1.00 e. The first kappa shape index (κ1) is 17.5. The van der Waals surface area contributed by atoms with Gasteiger partial charge in [0.25, 0.3) is 0 Å². The number of fused-ring (bicyclic) bond motifs is 1. The van der Waals surface area contributed by atoms with Crippen molar-refractivity contribution in [1.82, 2.24) is 0 Å². The lowest BCUT2D eigenvalue weighted by atomic mass is 9.77. The van der Waals surface area contributed by atoms with Gasteiger partial charge in [-0.25, -0.2) is 0 Å². The number of pyridine rings is 1. The van der Waals surface area contributed by atoms with E-state index in [1.165, 1.54) is 0 Å². The molecule has 0 spiro atoms. The van der Waals surface area contributed by atoms with E-state index in [2.05, 4.69) is 4.57 Å². The van der Waals surface area contributed by atoms with Gasteiger partial charge in [-0.2, -0.15) is 4.57 Å². The summed E-state index contributed by atoms with van der Waals surface area (Å²) >= 11 is 0. The second-order valence-electron chi connectivity index (χ2n) is 5.13. The number of hydrogen-bond acceptors (Lipinski definition) is 3. The Balaban J connectivity index is 0.00000192. The zero-order valence-electron chi connectivity index (χ0n) is 12.7. The van der Waals surface area contributed by atoms with Crippen LogP contribution in [0.2, 0.25) is 0 Å². The SMILES string of the molecule is COc1ccc2c(ccc[n+]2Cc2ccccc2B(O)O)c1.[Br-]. The fourth-order valence-corrected chi connectivity index (χ4v) is 2.64. The molecule has 118 valence electrons. The van der Waals surface area contributed by atoms with Gasteiger partial charge in [0.1, 0.15) is 5.75 Å². The van der Waals surface area contributed by atoms with Gasteiger partial charge in [0.15, 0.2) is 12.7 Å². The predicted molar refractivity (Wildman–Crippen MR) is 86.1 cm³/mol. The fourth-order valence-electron chi connectivity index (χ4n) is 2.64. The molecule has 0 fully saturated rings. The van der Waals surface area contributed by atoms with Crippen LogP contribution in [0.3, 0.4) is 0 Å². The summed E-state index contributed by atoms with van der Waals surface area (Å²) in [5.74, 6) is 0.816. The van der Waals surface area contributed by atoms with Crippen LogP contribution in [0.4, 0.5) is 0 Å². The van der Waals surface area contributed by atoms with E-state index in [0.29, 0.717) is 12.0 Å². The van der Waals surface area contributed by atoms with E-state index in [0.717, 1.165) is 22.2 Å². The van der Waals surface area contributed by atoms with Gasteiger partial charge in [-0.3, -0.25) is 0 Å². The maximum Gasteiger partial charge on any atom is 0.488 e. The number of nitrogens with zero attached hydrogens (tertiary/aromatic N) is 1. The summed E-state index contributed by atoms with van der Waals surface area (Å²) in [7, 11) is 0.184. The molecule has 3 aromatic rings. The summed E-state index contributed by atoms with van der Waals surface area (Å²) in [5, 5.41) is 20.1. The molecule has 23 heavy (non-hydrogen) atoms. The van der Waals surface area contributed by atoms with Gasteiger partial charge in [0.2, 0.25) is 5.52 Å². The number of hydrogen-bond donors (Lipinski definition) is 2.